The van der Waals surface area contributed by atoms with E-state index in [0.29, 0.717) is 40.6 Å². The van der Waals surface area contributed by atoms with Crippen molar-refractivity contribution < 1.29 is 23.9 Å². The van der Waals surface area contributed by atoms with Gasteiger partial charge in [0.15, 0.2) is 5.78 Å². The fourth-order valence-corrected chi connectivity index (χ4v) is 4.66. The number of thioether (sulfide) groups is 1. The zero-order chi connectivity index (χ0) is 15.7. The van der Waals surface area contributed by atoms with Crippen LogP contribution in [-0.4, -0.2) is 42.6 Å². The van der Waals surface area contributed by atoms with Crippen LogP contribution in [0.5, 0.6) is 0 Å². The first-order chi connectivity index (χ1) is 10.6. The number of carbonyl (C=O) groups is 3. The maximum atomic E-state index is 12.4. The number of thiophene rings is 1. The molecule has 1 aromatic heterocycles. The molecule has 0 spiro atoms. The zero-order valence-electron chi connectivity index (χ0n) is 11.9. The second-order valence-electron chi connectivity index (χ2n) is 4.89. The van der Waals surface area contributed by atoms with Gasteiger partial charge in [-0.25, -0.2) is 4.79 Å². The van der Waals surface area contributed by atoms with Gasteiger partial charge in [0.05, 0.1) is 23.0 Å². The lowest BCUT2D eigenvalue weighted by molar-refractivity contribution is -0.148. The summed E-state index contributed by atoms with van der Waals surface area (Å²) < 4.78 is 10.1. The molecule has 0 saturated heterocycles. The zero-order valence-corrected chi connectivity index (χ0v) is 13.6. The van der Waals surface area contributed by atoms with Crippen LogP contribution in [0.25, 0.3) is 0 Å². The van der Waals surface area contributed by atoms with Gasteiger partial charge in [-0.05, 0) is 24.8 Å². The minimum atomic E-state index is -0.405. The maximum Gasteiger partial charge on any atom is 0.332 e. The van der Waals surface area contributed by atoms with Crippen molar-refractivity contribution in [2.24, 2.45) is 0 Å². The van der Waals surface area contributed by atoms with Gasteiger partial charge < -0.3 is 9.47 Å². The van der Waals surface area contributed by atoms with Crippen LogP contribution in [-0.2, 0) is 14.3 Å². The van der Waals surface area contributed by atoms with Gasteiger partial charge in [-0.2, -0.15) is 0 Å². The molecule has 7 heteroatoms. The number of Topliss-reactive ketones (excluding diaryl/α,β-unsaturated/α-hetero) is 2. The Morgan fingerprint density at radius 1 is 1.36 bits per heavy atom. The molecule has 5 nitrogen and oxygen atoms in total. The Balaban J connectivity index is 1.60. The molecule has 0 N–H and O–H groups in total. The van der Waals surface area contributed by atoms with Crippen LogP contribution in [0, 0.1) is 0 Å². The minimum Gasteiger partial charge on any atom is -0.464 e. The number of hydrogen-bond acceptors (Lipinski definition) is 7. The van der Waals surface area contributed by atoms with Crippen molar-refractivity contribution in [2.45, 2.75) is 18.6 Å². The topological polar surface area (TPSA) is 69.7 Å². The molecule has 0 saturated carbocycles. The number of ether oxygens (including phenoxy) is 2. The van der Waals surface area contributed by atoms with Crippen LogP contribution in [0.3, 0.4) is 0 Å². The van der Waals surface area contributed by atoms with Crippen LogP contribution >= 0.6 is 23.1 Å². The molecule has 22 heavy (non-hydrogen) atoms. The van der Waals surface area contributed by atoms with E-state index >= 15 is 0 Å². The molecule has 0 amide bonds. The largest absolute Gasteiger partial charge is 0.464 e. The Bertz CT molecular complexity index is 631. The first-order valence-electron chi connectivity index (χ1n) is 6.91. The quantitative estimate of drug-likeness (QED) is 0.768. The molecule has 1 aliphatic carbocycles. The predicted molar refractivity (Wildman–Crippen MR) is 83.5 cm³/mol. The van der Waals surface area contributed by atoms with Crippen molar-refractivity contribution in [3.05, 3.63) is 32.4 Å². The summed E-state index contributed by atoms with van der Waals surface area (Å²) in [5.74, 6) is -0.513. The second kappa shape index (κ2) is 6.36. The molecule has 1 unspecified atom stereocenters. The normalized spacial score (nSPS) is 20.1. The van der Waals surface area contributed by atoms with Crippen molar-refractivity contribution in [3.8, 4) is 0 Å². The molecule has 0 radical (unpaired) electrons. The Hall–Kier alpha value is -1.44. The lowest BCUT2D eigenvalue weighted by atomic mass is 9.93. The Morgan fingerprint density at radius 3 is 2.95 bits per heavy atom. The summed E-state index contributed by atoms with van der Waals surface area (Å²) in [6.45, 7) is 2.26. The van der Waals surface area contributed by atoms with E-state index in [2.05, 4.69) is 0 Å². The number of carbonyl (C=O) groups excluding carboxylic acids is 3. The summed E-state index contributed by atoms with van der Waals surface area (Å²) in [7, 11) is 0. The van der Waals surface area contributed by atoms with Gasteiger partial charge in [-0.3, -0.25) is 9.59 Å². The fraction of sp³-hybridized carbons (Fsp3) is 0.400. The smallest absolute Gasteiger partial charge is 0.332 e. The molecule has 0 aromatic carbocycles. The third kappa shape index (κ3) is 2.76. The molecular formula is C15H14O5S2. The number of hydrogen-bond donors (Lipinski definition) is 0. The summed E-state index contributed by atoms with van der Waals surface area (Å²) in [4.78, 5) is 37.1. The highest BCUT2D eigenvalue weighted by atomic mass is 32.2. The summed E-state index contributed by atoms with van der Waals surface area (Å²) >= 11 is 2.68. The molecule has 1 aliphatic heterocycles. The number of rotatable bonds is 5. The van der Waals surface area contributed by atoms with Crippen LogP contribution < -0.4 is 0 Å². The summed E-state index contributed by atoms with van der Waals surface area (Å²) in [6, 6.07) is 1.71. The third-order valence-electron chi connectivity index (χ3n) is 3.42. The monoisotopic (exact) mass is 338 g/mol. The van der Waals surface area contributed by atoms with Crippen LogP contribution in [0.1, 0.15) is 33.4 Å². The average Bonchev–Trinajstić information content (AvgIpc) is 3.12. The van der Waals surface area contributed by atoms with Crippen LogP contribution in [0.2, 0.25) is 0 Å². The first kappa shape index (κ1) is 15.5. The third-order valence-corrected chi connectivity index (χ3v) is 5.63. The first-order valence-corrected chi connectivity index (χ1v) is 8.67. The van der Waals surface area contributed by atoms with Crippen molar-refractivity contribution in [1.29, 1.82) is 0 Å². The average molecular weight is 338 g/mol. The van der Waals surface area contributed by atoms with Gasteiger partial charge in [0.2, 0.25) is 5.78 Å². The van der Waals surface area contributed by atoms with E-state index in [-0.39, 0.29) is 23.4 Å². The lowest BCUT2D eigenvalue weighted by Crippen LogP contribution is -2.18. The SMILES string of the molecule is CCOC(=O)COCC1CC2=C(S1)C(=O)c1sccc1C2=O. The highest BCUT2D eigenvalue weighted by Gasteiger charge is 2.39. The lowest BCUT2D eigenvalue weighted by Gasteiger charge is -2.10. The molecule has 3 rings (SSSR count). The molecule has 1 aromatic rings. The molecule has 1 atom stereocenters. The van der Waals surface area contributed by atoms with Gasteiger partial charge in [-0.1, -0.05) is 0 Å². The number of ketones is 2. The summed E-state index contributed by atoms with van der Waals surface area (Å²) in [5, 5.41) is 1.76. The van der Waals surface area contributed by atoms with Gasteiger partial charge in [-0.15, -0.1) is 23.1 Å². The van der Waals surface area contributed by atoms with Gasteiger partial charge in [0, 0.05) is 16.4 Å². The van der Waals surface area contributed by atoms with Gasteiger partial charge >= 0.3 is 5.97 Å². The van der Waals surface area contributed by atoms with Crippen molar-refractivity contribution in [1.82, 2.24) is 0 Å². The molecule has 2 aliphatic rings. The number of esters is 1. The number of allylic oxidation sites excluding steroid dienone is 2. The molecule has 0 fully saturated rings. The van der Waals surface area contributed by atoms with E-state index in [4.69, 9.17) is 9.47 Å². The van der Waals surface area contributed by atoms with Crippen molar-refractivity contribution in [3.63, 3.8) is 0 Å². The van der Waals surface area contributed by atoms with E-state index in [1.54, 1.807) is 18.4 Å². The van der Waals surface area contributed by atoms with Crippen molar-refractivity contribution >= 4 is 40.6 Å². The van der Waals surface area contributed by atoms with E-state index in [0.717, 1.165) is 0 Å². The van der Waals surface area contributed by atoms with Crippen LogP contribution in [0.15, 0.2) is 21.9 Å². The van der Waals surface area contributed by atoms with Crippen molar-refractivity contribution in [2.75, 3.05) is 19.8 Å². The fourth-order valence-electron chi connectivity index (χ4n) is 2.49. The molecule has 2 heterocycles. The maximum absolute atomic E-state index is 12.4. The highest BCUT2D eigenvalue weighted by molar-refractivity contribution is 8.05. The van der Waals surface area contributed by atoms with E-state index in [1.165, 1.54) is 23.1 Å². The highest BCUT2D eigenvalue weighted by Crippen LogP contribution is 2.45. The Labute approximate surface area is 135 Å². The number of fused-ring (bicyclic) bond motifs is 1. The van der Waals surface area contributed by atoms with E-state index in [1.807, 2.05) is 0 Å². The van der Waals surface area contributed by atoms with Gasteiger partial charge in [0.25, 0.3) is 0 Å². The van der Waals surface area contributed by atoms with Crippen LogP contribution in [0.4, 0.5) is 0 Å². The summed E-state index contributed by atoms with van der Waals surface area (Å²) in [6.07, 6.45) is 0.503. The molecule has 0 bridgehead atoms. The van der Waals surface area contributed by atoms with Gasteiger partial charge in [0.1, 0.15) is 6.61 Å². The minimum absolute atomic E-state index is 0.0127. The second-order valence-corrected chi connectivity index (χ2v) is 7.12. The molecule has 116 valence electrons. The molecular weight excluding hydrogens is 324 g/mol. The Morgan fingerprint density at radius 2 is 2.18 bits per heavy atom. The standard InChI is InChI=1S/C15H14O5S2/c1-2-20-11(16)7-19-6-8-5-10-12(17)9-3-4-21-14(9)13(18)15(10)22-8/h3-4,8H,2,5-7H2,1H3. The summed E-state index contributed by atoms with van der Waals surface area (Å²) in [5.41, 5.74) is 1.10. The Kier molecular flexibility index (Phi) is 4.46. The predicted octanol–water partition coefficient (Wildman–Crippen LogP) is 2.47. The van der Waals surface area contributed by atoms with E-state index in [9.17, 15) is 14.4 Å². The van der Waals surface area contributed by atoms with E-state index < -0.39 is 5.97 Å².